The molecule has 5 nitrogen and oxygen atoms in total. The van der Waals surface area contributed by atoms with E-state index in [9.17, 15) is 14.7 Å². The fraction of sp³-hybridized carbons (Fsp3) is 0.476. The van der Waals surface area contributed by atoms with Crippen LogP contribution in [0.15, 0.2) is 29.8 Å². The Bertz CT molecular complexity index is 813. The summed E-state index contributed by atoms with van der Waals surface area (Å²) >= 11 is 1.62. The van der Waals surface area contributed by atoms with E-state index in [0.29, 0.717) is 19.3 Å². The summed E-state index contributed by atoms with van der Waals surface area (Å²) < 4.78 is 0. The van der Waals surface area contributed by atoms with Gasteiger partial charge in [0.05, 0.1) is 28.2 Å². The zero-order valence-corrected chi connectivity index (χ0v) is 16.8. The van der Waals surface area contributed by atoms with Crippen molar-refractivity contribution in [3.8, 4) is 10.4 Å². The van der Waals surface area contributed by atoms with Crippen LogP contribution in [0.1, 0.15) is 37.9 Å². The quantitative estimate of drug-likeness (QED) is 0.827. The van der Waals surface area contributed by atoms with Crippen molar-refractivity contribution < 1.29 is 14.7 Å². The highest BCUT2D eigenvalue weighted by Gasteiger charge is 2.38. The molecule has 0 spiro atoms. The van der Waals surface area contributed by atoms with Gasteiger partial charge in [0.15, 0.2) is 5.78 Å². The van der Waals surface area contributed by atoms with Crippen molar-refractivity contribution in [2.45, 2.75) is 52.2 Å². The predicted molar refractivity (Wildman–Crippen MR) is 107 cm³/mol. The zero-order valence-electron chi connectivity index (χ0n) is 16.0. The first-order valence-electron chi connectivity index (χ1n) is 9.37. The molecule has 1 aromatic carbocycles. The number of likely N-dealkylation sites (tertiary alicyclic amines) is 1. The maximum absolute atomic E-state index is 12.7. The van der Waals surface area contributed by atoms with Gasteiger partial charge in [-0.25, -0.2) is 4.98 Å². The van der Waals surface area contributed by atoms with Crippen LogP contribution in [-0.4, -0.2) is 45.4 Å². The minimum absolute atomic E-state index is 0.0305. The number of Topliss-reactive ketones (excluding diaryl/α,β-unsaturated/α-hetero) is 1. The molecule has 2 aromatic rings. The summed E-state index contributed by atoms with van der Waals surface area (Å²) in [6.07, 6.45) is 0.750. The van der Waals surface area contributed by atoms with Gasteiger partial charge in [0, 0.05) is 25.3 Å². The van der Waals surface area contributed by atoms with Crippen LogP contribution < -0.4 is 0 Å². The van der Waals surface area contributed by atoms with Crippen LogP contribution in [0.5, 0.6) is 0 Å². The van der Waals surface area contributed by atoms with Gasteiger partial charge in [-0.3, -0.25) is 9.59 Å². The number of carbonyl (C=O) groups excluding carboxylic acids is 2. The SMILES string of the molecule is Cc1ncsc1-c1ccc(CCC(=O)[C@@H]2C[C@@H](O)CN2C(=O)C(C)C)cc1. The number of aliphatic hydroxyl groups excluding tert-OH is 1. The number of hydrogen-bond acceptors (Lipinski definition) is 5. The molecule has 3 rings (SSSR count). The maximum atomic E-state index is 12.7. The van der Waals surface area contributed by atoms with E-state index in [0.717, 1.165) is 16.8 Å². The molecule has 1 amide bonds. The van der Waals surface area contributed by atoms with Crippen LogP contribution in [0.25, 0.3) is 10.4 Å². The van der Waals surface area contributed by atoms with E-state index >= 15 is 0 Å². The molecular weight excluding hydrogens is 360 g/mol. The molecule has 1 fully saturated rings. The highest BCUT2D eigenvalue weighted by molar-refractivity contribution is 7.13. The van der Waals surface area contributed by atoms with E-state index in [4.69, 9.17) is 0 Å². The van der Waals surface area contributed by atoms with Crippen molar-refractivity contribution >= 4 is 23.0 Å². The van der Waals surface area contributed by atoms with E-state index in [1.807, 2.05) is 38.4 Å². The molecule has 0 unspecified atom stereocenters. The molecule has 1 N–H and O–H groups in total. The first-order chi connectivity index (χ1) is 12.9. The van der Waals surface area contributed by atoms with E-state index in [1.54, 1.807) is 16.2 Å². The van der Waals surface area contributed by atoms with Crippen molar-refractivity contribution in [1.82, 2.24) is 9.88 Å². The van der Waals surface area contributed by atoms with Crippen LogP contribution in [-0.2, 0) is 16.0 Å². The first kappa shape index (κ1) is 19.7. The molecule has 0 bridgehead atoms. The fourth-order valence-electron chi connectivity index (χ4n) is 3.53. The Balaban J connectivity index is 1.61. The van der Waals surface area contributed by atoms with Gasteiger partial charge in [-0.1, -0.05) is 38.1 Å². The Hall–Kier alpha value is -2.05. The van der Waals surface area contributed by atoms with Gasteiger partial charge < -0.3 is 10.0 Å². The Morgan fingerprint density at radius 2 is 2.00 bits per heavy atom. The monoisotopic (exact) mass is 386 g/mol. The molecule has 27 heavy (non-hydrogen) atoms. The van der Waals surface area contributed by atoms with Gasteiger partial charge in [0.25, 0.3) is 0 Å². The average Bonchev–Trinajstić information content (AvgIpc) is 3.25. The molecule has 2 heterocycles. The Morgan fingerprint density at radius 3 is 2.59 bits per heavy atom. The van der Waals surface area contributed by atoms with Crippen molar-refractivity contribution in [2.24, 2.45) is 5.92 Å². The number of aromatic nitrogens is 1. The third kappa shape index (κ3) is 4.45. The average molecular weight is 387 g/mol. The van der Waals surface area contributed by atoms with Gasteiger partial charge in [0.1, 0.15) is 0 Å². The molecule has 1 aromatic heterocycles. The summed E-state index contributed by atoms with van der Waals surface area (Å²) in [4.78, 5) is 32.0. The molecule has 0 saturated carbocycles. The van der Waals surface area contributed by atoms with E-state index < -0.39 is 12.1 Å². The second kappa shape index (κ2) is 8.31. The smallest absolute Gasteiger partial charge is 0.225 e. The number of benzene rings is 1. The number of thiazole rings is 1. The largest absolute Gasteiger partial charge is 0.391 e. The number of carbonyl (C=O) groups is 2. The standard InChI is InChI=1S/C21H26N2O3S/c1-13(2)21(26)23-11-17(24)10-18(23)19(25)9-6-15-4-7-16(8-5-15)20-14(3)22-12-27-20/h4-5,7-8,12-13,17-18,24H,6,9-11H2,1-3H3/t17-,18+/m1/s1. The summed E-state index contributed by atoms with van der Waals surface area (Å²) in [6.45, 7) is 5.90. The lowest BCUT2D eigenvalue weighted by molar-refractivity contribution is -0.140. The highest BCUT2D eigenvalue weighted by Crippen LogP contribution is 2.28. The summed E-state index contributed by atoms with van der Waals surface area (Å²) in [6, 6.07) is 7.72. The van der Waals surface area contributed by atoms with Crippen LogP contribution >= 0.6 is 11.3 Å². The second-order valence-electron chi connectivity index (χ2n) is 7.48. The second-order valence-corrected chi connectivity index (χ2v) is 8.34. The van der Waals surface area contributed by atoms with Gasteiger partial charge in [-0.2, -0.15) is 0 Å². The molecule has 0 aliphatic carbocycles. The van der Waals surface area contributed by atoms with Crippen LogP contribution in [0.4, 0.5) is 0 Å². The number of rotatable bonds is 6. The fourth-order valence-corrected chi connectivity index (χ4v) is 4.34. The summed E-state index contributed by atoms with van der Waals surface area (Å²) in [5.74, 6) is -0.203. The first-order valence-corrected chi connectivity index (χ1v) is 10.3. The Kier molecular flexibility index (Phi) is 6.07. The number of amides is 1. The van der Waals surface area contributed by atoms with Gasteiger partial charge in [-0.05, 0) is 24.5 Å². The van der Waals surface area contributed by atoms with Crippen molar-refractivity contribution in [3.05, 3.63) is 41.0 Å². The molecule has 144 valence electrons. The number of hydrogen-bond donors (Lipinski definition) is 1. The molecule has 2 atom stereocenters. The van der Waals surface area contributed by atoms with E-state index in [1.165, 1.54) is 4.88 Å². The van der Waals surface area contributed by atoms with Crippen molar-refractivity contribution in [1.29, 1.82) is 0 Å². The molecule has 0 radical (unpaired) electrons. The molecule has 1 aliphatic heterocycles. The number of aryl methyl sites for hydroxylation is 2. The predicted octanol–water partition coefficient (Wildman–Crippen LogP) is 3.24. The number of β-amino-alcohol motifs (C(OH)–C–C–N with tert-alkyl or cyclic N) is 1. The number of aliphatic hydroxyl groups is 1. The number of ketones is 1. The lowest BCUT2D eigenvalue weighted by atomic mass is 10.00. The van der Waals surface area contributed by atoms with Crippen molar-refractivity contribution in [3.63, 3.8) is 0 Å². The minimum Gasteiger partial charge on any atom is -0.391 e. The van der Waals surface area contributed by atoms with Crippen LogP contribution in [0.3, 0.4) is 0 Å². The molecular formula is C21H26N2O3S. The molecule has 6 heteroatoms. The summed E-state index contributed by atoms with van der Waals surface area (Å²) in [5, 5.41) is 9.93. The highest BCUT2D eigenvalue weighted by atomic mass is 32.1. The van der Waals surface area contributed by atoms with Gasteiger partial charge >= 0.3 is 0 Å². The topological polar surface area (TPSA) is 70.5 Å². The van der Waals surface area contributed by atoms with Gasteiger partial charge in [0.2, 0.25) is 5.91 Å². The third-order valence-corrected chi connectivity index (χ3v) is 6.03. The lowest BCUT2D eigenvalue weighted by Gasteiger charge is -2.25. The lowest BCUT2D eigenvalue weighted by Crippen LogP contribution is -2.42. The van der Waals surface area contributed by atoms with Crippen LogP contribution in [0, 0.1) is 12.8 Å². The summed E-state index contributed by atoms with van der Waals surface area (Å²) in [5.41, 5.74) is 5.10. The Labute approximate surface area is 164 Å². The molecule has 1 aliphatic rings. The summed E-state index contributed by atoms with van der Waals surface area (Å²) in [7, 11) is 0. The third-order valence-electron chi connectivity index (χ3n) is 5.05. The van der Waals surface area contributed by atoms with Crippen molar-refractivity contribution in [2.75, 3.05) is 6.54 Å². The number of nitrogens with zero attached hydrogens (tertiary/aromatic N) is 2. The minimum atomic E-state index is -0.608. The maximum Gasteiger partial charge on any atom is 0.225 e. The normalized spacial score (nSPS) is 19.7. The zero-order chi connectivity index (χ0) is 19.6. The molecule has 1 saturated heterocycles. The van der Waals surface area contributed by atoms with Crippen LogP contribution in [0.2, 0.25) is 0 Å². The Morgan fingerprint density at radius 1 is 1.30 bits per heavy atom. The van der Waals surface area contributed by atoms with Gasteiger partial charge in [-0.15, -0.1) is 11.3 Å². The van der Waals surface area contributed by atoms with E-state index in [2.05, 4.69) is 17.1 Å². The van der Waals surface area contributed by atoms with E-state index in [-0.39, 0.29) is 24.2 Å².